The van der Waals surface area contributed by atoms with Crippen LogP contribution in [0.25, 0.3) is 0 Å². The highest BCUT2D eigenvalue weighted by Gasteiger charge is 2.78. The fourth-order valence-corrected chi connectivity index (χ4v) is 7.11. The van der Waals surface area contributed by atoms with Gasteiger partial charge in [-0.3, -0.25) is 4.79 Å². The van der Waals surface area contributed by atoms with Crippen LogP contribution in [0, 0.1) is 5.92 Å². The first-order valence-corrected chi connectivity index (χ1v) is 15.0. The Morgan fingerprint density at radius 2 is 1.70 bits per heavy atom. The molecule has 4 N–H and O–H groups in total. The van der Waals surface area contributed by atoms with Crippen molar-refractivity contribution in [1.29, 1.82) is 0 Å². The summed E-state index contributed by atoms with van der Waals surface area (Å²) in [6.07, 6.45) is -6.03. The molecule has 1 saturated heterocycles. The molecule has 1 aliphatic carbocycles. The van der Waals surface area contributed by atoms with Crippen LogP contribution in [0.3, 0.4) is 0 Å². The van der Waals surface area contributed by atoms with Gasteiger partial charge in [0.2, 0.25) is 6.29 Å². The van der Waals surface area contributed by atoms with Crippen LogP contribution in [0.2, 0.25) is 0 Å². The Hall–Kier alpha value is -3.95. The third-order valence-corrected chi connectivity index (χ3v) is 9.25. The number of hydrogen-bond donors (Lipinski definition) is 4. The van der Waals surface area contributed by atoms with E-state index in [0.717, 1.165) is 0 Å². The van der Waals surface area contributed by atoms with Crippen LogP contribution in [0.4, 0.5) is 0 Å². The Kier molecular flexibility index (Phi) is 9.06. The van der Waals surface area contributed by atoms with E-state index >= 15 is 0 Å². The zero-order valence-electron chi connectivity index (χ0n) is 26.3. The summed E-state index contributed by atoms with van der Waals surface area (Å²) in [4.78, 5) is 13.5. The summed E-state index contributed by atoms with van der Waals surface area (Å²) in [5, 5.41) is 44.7. The Labute approximate surface area is 271 Å². The number of carbonyl (C=O) groups is 1. The summed E-state index contributed by atoms with van der Waals surface area (Å²) < 4.78 is 46.2. The molecule has 3 aromatic rings. The minimum atomic E-state index is -2.25. The predicted molar refractivity (Wildman–Crippen MR) is 162 cm³/mol. The summed E-state index contributed by atoms with van der Waals surface area (Å²) in [7, 11) is 5.54. The van der Waals surface area contributed by atoms with Gasteiger partial charge in [-0.05, 0) is 23.3 Å². The molecule has 0 amide bonds. The second-order valence-electron chi connectivity index (χ2n) is 11.6. The van der Waals surface area contributed by atoms with Crippen molar-refractivity contribution in [2.24, 2.45) is 5.92 Å². The molecule has 13 heteroatoms. The van der Waals surface area contributed by atoms with Crippen LogP contribution >= 0.6 is 0 Å². The van der Waals surface area contributed by atoms with E-state index < -0.39 is 66.5 Å². The van der Waals surface area contributed by atoms with Gasteiger partial charge in [0, 0.05) is 25.2 Å². The van der Waals surface area contributed by atoms with E-state index in [4.69, 9.17) is 37.9 Å². The number of rotatable bonds is 10. The molecule has 3 aromatic carbocycles. The summed E-state index contributed by atoms with van der Waals surface area (Å²) in [6, 6.07) is 18.8. The SMILES string of the molecule is COC(=O)[C@@H]1[C@@H](O)[C@@]2(O)c3c(OC)cc(O[C@@H]4O[C@@H]([C@@H](O)CO)CO[C@H]4OC)cc3O[C@@]2(c2ccc(OC)cc2)[C@H]1c1ccccc1. The number of hydrogen-bond acceptors (Lipinski definition) is 13. The van der Waals surface area contributed by atoms with E-state index in [0.29, 0.717) is 16.9 Å². The Morgan fingerprint density at radius 3 is 2.32 bits per heavy atom. The molecule has 3 aliphatic rings. The lowest BCUT2D eigenvalue weighted by Gasteiger charge is -2.40. The van der Waals surface area contributed by atoms with E-state index in [1.807, 2.05) is 6.07 Å². The van der Waals surface area contributed by atoms with Gasteiger partial charge in [0.05, 0.1) is 46.0 Å². The van der Waals surface area contributed by atoms with Gasteiger partial charge in [0.25, 0.3) is 6.29 Å². The molecule has 0 aromatic heterocycles. The van der Waals surface area contributed by atoms with Crippen LogP contribution < -0.4 is 18.9 Å². The molecule has 6 rings (SSSR count). The van der Waals surface area contributed by atoms with Crippen LogP contribution in [0.1, 0.15) is 22.6 Å². The molecule has 1 saturated carbocycles. The lowest BCUT2D eigenvalue weighted by Crippen LogP contribution is -2.52. The second-order valence-corrected chi connectivity index (χ2v) is 11.6. The molecule has 252 valence electrons. The Morgan fingerprint density at radius 1 is 0.979 bits per heavy atom. The minimum Gasteiger partial charge on any atom is -0.497 e. The number of ether oxygens (including phenoxy) is 8. The first-order valence-electron chi connectivity index (χ1n) is 15.0. The smallest absolute Gasteiger partial charge is 0.312 e. The van der Waals surface area contributed by atoms with E-state index in [2.05, 4.69) is 0 Å². The van der Waals surface area contributed by atoms with Gasteiger partial charge in [-0.2, -0.15) is 0 Å². The number of aliphatic hydroxyl groups is 4. The maximum atomic E-state index is 13.5. The van der Waals surface area contributed by atoms with E-state index in [-0.39, 0.29) is 29.4 Å². The van der Waals surface area contributed by atoms with Crippen molar-refractivity contribution >= 4 is 5.97 Å². The van der Waals surface area contributed by atoms with Crippen molar-refractivity contribution < 1.29 is 63.1 Å². The lowest BCUT2D eigenvalue weighted by atomic mass is 9.70. The van der Waals surface area contributed by atoms with Crippen LogP contribution in [-0.4, -0.2) is 98.9 Å². The van der Waals surface area contributed by atoms with Gasteiger partial charge in [0.15, 0.2) is 11.2 Å². The second kappa shape index (κ2) is 12.9. The number of carbonyl (C=O) groups excluding carboxylic acids is 1. The zero-order chi connectivity index (χ0) is 33.5. The molecule has 9 atom stereocenters. The molecule has 47 heavy (non-hydrogen) atoms. The first-order chi connectivity index (χ1) is 22.7. The fraction of sp³-hybridized carbons (Fsp3) is 0.441. The van der Waals surface area contributed by atoms with Crippen LogP contribution in [0.5, 0.6) is 23.0 Å². The number of methoxy groups -OCH3 is 4. The standard InChI is InChI=1S/C34H38O13/c1-40-20-12-10-19(11-13-20)34-27(18-8-6-5-7-9-18)26(30(38)42-3)29(37)33(34,39)28-23(41-2)14-21(15-24(28)47-34)45-32-31(43-4)44-17-25(46-32)22(36)16-35/h5-15,22,25-27,29,31-32,35-37,39H,16-17H2,1-4H3/t22-,25+,26-,27-,29+,31+,32+,33-,34-/m0/s1. The maximum Gasteiger partial charge on any atom is 0.312 e. The third-order valence-electron chi connectivity index (χ3n) is 9.25. The van der Waals surface area contributed by atoms with Crippen molar-refractivity contribution in [1.82, 2.24) is 0 Å². The summed E-state index contributed by atoms with van der Waals surface area (Å²) in [5.74, 6) is -2.05. The largest absolute Gasteiger partial charge is 0.497 e. The molecule has 2 heterocycles. The summed E-state index contributed by atoms with van der Waals surface area (Å²) in [5.41, 5.74) is -2.88. The summed E-state index contributed by atoms with van der Waals surface area (Å²) in [6.45, 7) is -0.601. The molecular weight excluding hydrogens is 616 g/mol. The molecule has 0 radical (unpaired) electrons. The van der Waals surface area contributed by atoms with Crippen molar-refractivity contribution in [2.75, 3.05) is 41.7 Å². The van der Waals surface area contributed by atoms with Gasteiger partial charge < -0.3 is 58.3 Å². The Balaban J connectivity index is 1.52. The van der Waals surface area contributed by atoms with E-state index in [1.165, 1.54) is 40.6 Å². The topological polar surface area (TPSA) is 172 Å². The average Bonchev–Trinajstić information content (AvgIpc) is 3.49. The molecule has 13 nitrogen and oxygen atoms in total. The monoisotopic (exact) mass is 654 g/mol. The van der Waals surface area contributed by atoms with Gasteiger partial charge in [0.1, 0.15) is 41.3 Å². The quantitative estimate of drug-likeness (QED) is 0.233. The molecule has 2 aliphatic heterocycles. The minimum absolute atomic E-state index is 0.0474. The van der Waals surface area contributed by atoms with Gasteiger partial charge in [-0.25, -0.2) is 0 Å². The average molecular weight is 655 g/mol. The zero-order valence-corrected chi connectivity index (χ0v) is 26.3. The van der Waals surface area contributed by atoms with Gasteiger partial charge in [-0.15, -0.1) is 0 Å². The maximum absolute atomic E-state index is 13.5. The molecule has 0 spiro atoms. The van der Waals surface area contributed by atoms with Crippen molar-refractivity contribution in [3.63, 3.8) is 0 Å². The van der Waals surface area contributed by atoms with Gasteiger partial charge >= 0.3 is 5.97 Å². The fourth-order valence-electron chi connectivity index (χ4n) is 7.11. The number of esters is 1. The Bertz CT molecular complexity index is 1570. The molecule has 2 fully saturated rings. The number of benzene rings is 3. The highest BCUT2D eigenvalue weighted by atomic mass is 16.8. The molecule has 0 unspecified atom stereocenters. The predicted octanol–water partition coefficient (Wildman–Crippen LogP) is 1.57. The highest BCUT2D eigenvalue weighted by molar-refractivity contribution is 5.78. The van der Waals surface area contributed by atoms with Crippen molar-refractivity contribution in [2.45, 2.75) is 48.0 Å². The van der Waals surface area contributed by atoms with Crippen LogP contribution in [0.15, 0.2) is 66.7 Å². The van der Waals surface area contributed by atoms with Gasteiger partial charge in [-0.1, -0.05) is 42.5 Å². The number of fused-ring (bicyclic) bond motifs is 3. The van der Waals surface area contributed by atoms with Crippen molar-refractivity contribution in [3.05, 3.63) is 83.4 Å². The third kappa shape index (κ3) is 5.10. The van der Waals surface area contributed by atoms with Crippen molar-refractivity contribution in [3.8, 4) is 23.0 Å². The summed E-state index contributed by atoms with van der Waals surface area (Å²) >= 11 is 0. The number of aliphatic hydroxyl groups excluding tert-OH is 3. The molecule has 0 bridgehead atoms. The van der Waals surface area contributed by atoms with E-state index in [1.54, 1.807) is 48.5 Å². The lowest BCUT2D eigenvalue weighted by molar-refractivity contribution is -0.324. The van der Waals surface area contributed by atoms with E-state index in [9.17, 15) is 25.2 Å². The molecular formula is C34H38O13. The van der Waals surface area contributed by atoms with Crippen LogP contribution in [-0.2, 0) is 34.9 Å². The first kappa shape index (κ1) is 33.0. The highest BCUT2D eigenvalue weighted by Crippen LogP contribution is 2.70. The normalized spacial score (nSPS) is 31.7.